The van der Waals surface area contributed by atoms with Crippen LogP contribution in [0.5, 0.6) is 0 Å². The lowest BCUT2D eigenvalue weighted by atomic mass is 9.87. The first kappa shape index (κ1) is 11.9. The fourth-order valence-electron chi connectivity index (χ4n) is 2.72. The smallest absolute Gasteiger partial charge is 0.115 e. The van der Waals surface area contributed by atoms with Gasteiger partial charge in [0.2, 0.25) is 0 Å². The molecule has 1 aromatic heterocycles. The maximum absolute atomic E-state index is 9.43. The number of nitriles is 1. The highest BCUT2D eigenvalue weighted by Gasteiger charge is 2.17. The van der Waals surface area contributed by atoms with Crippen molar-refractivity contribution in [3.63, 3.8) is 0 Å². The Morgan fingerprint density at radius 3 is 2.68 bits per heavy atom. The summed E-state index contributed by atoms with van der Waals surface area (Å²) in [4.78, 5) is 8.11. The molecule has 1 aliphatic rings. The van der Waals surface area contributed by atoms with Crippen LogP contribution in [0, 0.1) is 11.3 Å². The molecule has 1 unspecified atom stereocenters. The van der Waals surface area contributed by atoms with Crippen LogP contribution in [0.1, 0.15) is 41.1 Å². The number of fused-ring (bicyclic) bond motifs is 1. The molecule has 94 valence electrons. The fourth-order valence-corrected chi connectivity index (χ4v) is 2.72. The van der Waals surface area contributed by atoms with Gasteiger partial charge in [0.1, 0.15) is 12.2 Å². The maximum Gasteiger partial charge on any atom is 0.115 e. The highest BCUT2D eigenvalue weighted by atomic mass is 14.8. The highest BCUT2D eigenvalue weighted by molar-refractivity contribution is 5.40. The predicted octanol–water partition coefficient (Wildman–Crippen LogP) is 3.01. The molecular weight excluding hydrogens is 234 g/mol. The Labute approximate surface area is 113 Å². The number of aryl methyl sites for hydroxylation is 2. The Bertz CT molecular complexity index is 614. The molecule has 0 saturated carbocycles. The molecule has 0 amide bonds. The second kappa shape index (κ2) is 5.19. The standard InChI is InChI=1S/C16H15N3/c17-10-15(16-7-8-18-11-19-16)14-6-5-12-3-1-2-4-13(12)9-14/h5-9,11,15H,1-4H2. The summed E-state index contributed by atoms with van der Waals surface area (Å²) >= 11 is 0. The van der Waals surface area contributed by atoms with Crippen LogP contribution in [0.25, 0.3) is 0 Å². The molecule has 1 aromatic carbocycles. The van der Waals surface area contributed by atoms with E-state index in [0.29, 0.717) is 0 Å². The lowest BCUT2D eigenvalue weighted by Gasteiger charge is -2.18. The molecule has 2 aromatic rings. The summed E-state index contributed by atoms with van der Waals surface area (Å²) in [6.07, 6.45) is 8.01. The van der Waals surface area contributed by atoms with Crippen LogP contribution in [0.4, 0.5) is 0 Å². The van der Waals surface area contributed by atoms with Gasteiger partial charge in [-0.05, 0) is 48.4 Å². The van der Waals surface area contributed by atoms with Gasteiger partial charge in [-0.2, -0.15) is 5.26 Å². The van der Waals surface area contributed by atoms with Crippen LogP contribution in [0.15, 0.2) is 36.8 Å². The van der Waals surface area contributed by atoms with E-state index in [4.69, 9.17) is 0 Å². The molecule has 1 atom stereocenters. The van der Waals surface area contributed by atoms with Crippen molar-refractivity contribution in [1.29, 1.82) is 5.26 Å². The molecule has 3 heteroatoms. The quantitative estimate of drug-likeness (QED) is 0.822. The van der Waals surface area contributed by atoms with E-state index in [-0.39, 0.29) is 5.92 Å². The van der Waals surface area contributed by atoms with E-state index in [2.05, 4.69) is 34.2 Å². The normalized spacial score (nSPS) is 15.3. The van der Waals surface area contributed by atoms with Crippen LogP contribution in [0.3, 0.4) is 0 Å². The predicted molar refractivity (Wildman–Crippen MR) is 72.6 cm³/mol. The Morgan fingerprint density at radius 2 is 1.95 bits per heavy atom. The van der Waals surface area contributed by atoms with Crippen molar-refractivity contribution >= 4 is 0 Å². The minimum absolute atomic E-state index is 0.296. The highest BCUT2D eigenvalue weighted by Crippen LogP contribution is 2.28. The average molecular weight is 249 g/mol. The van der Waals surface area contributed by atoms with Gasteiger partial charge in [0.05, 0.1) is 11.8 Å². The Balaban J connectivity index is 1.99. The summed E-state index contributed by atoms with van der Waals surface area (Å²) < 4.78 is 0. The zero-order chi connectivity index (χ0) is 13.1. The topological polar surface area (TPSA) is 49.6 Å². The summed E-state index contributed by atoms with van der Waals surface area (Å²) in [5.74, 6) is -0.296. The summed E-state index contributed by atoms with van der Waals surface area (Å²) in [6.45, 7) is 0. The number of hydrogen-bond acceptors (Lipinski definition) is 3. The zero-order valence-electron chi connectivity index (χ0n) is 10.7. The average Bonchev–Trinajstić information content (AvgIpc) is 2.49. The molecule has 0 bridgehead atoms. The first-order valence-electron chi connectivity index (χ1n) is 6.65. The van der Waals surface area contributed by atoms with Gasteiger partial charge in [0, 0.05) is 6.20 Å². The molecule has 3 nitrogen and oxygen atoms in total. The van der Waals surface area contributed by atoms with Gasteiger partial charge >= 0.3 is 0 Å². The zero-order valence-corrected chi connectivity index (χ0v) is 10.7. The largest absolute Gasteiger partial charge is 0.245 e. The number of benzene rings is 1. The Hall–Kier alpha value is -2.21. The van der Waals surface area contributed by atoms with Crippen LogP contribution in [0.2, 0.25) is 0 Å². The molecule has 0 fully saturated rings. The van der Waals surface area contributed by atoms with E-state index in [1.807, 2.05) is 6.07 Å². The third-order valence-corrected chi connectivity index (χ3v) is 3.74. The second-order valence-electron chi connectivity index (χ2n) is 4.93. The van der Waals surface area contributed by atoms with Crippen molar-refractivity contribution in [3.8, 4) is 6.07 Å². The van der Waals surface area contributed by atoms with Gasteiger partial charge in [-0.1, -0.05) is 18.2 Å². The molecule has 1 heterocycles. The van der Waals surface area contributed by atoms with Gasteiger partial charge in [-0.3, -0.25) is 0 Å². The van der Waals surface area contributed by atoms with E-state index < -0.39 is 0 Å². The lowest BCUT2D eigenvalue weighted by molar-refractivity contribution is 0.684. The number of hydrogen-bond donors (Lipinski definition) is 0. The summed E-state index contributed by atoms with van der Waals surface area (Å²) in [5, 5.41) is 9.43. The Morgan fingerprint density at radius 1 is 1.11 bits per heavy atom. The van der Waals surface area contributed by atoms with Crippen molar-refractivity contribution in [2.75, 3.05) is 0 Å². The minimum Gasteiger partial charge on any atom is -0.245 e. The minimum atomic E-state index is -0.296. The van der Waals surface area contributed by atoms with Crippen LogP contribution >= 0.6 is 0 Å². The second-order valence-corrected chi connectivity index (χ2v) is 4.93. The monoisotopic (exact) mass is 249 g/mol. The first-order chi connectivity index (χ1) is 9.38. The van der Waals surface area contributed by atoms with Crippen molar-refractivity contribution in [2.45, 2.75) is 31.6 Å². The number of nitrogens with zero attached hydrogens (tertiary/aromatic N) is 3. The molecule has 1 aliphatic carbocycles. The third kappa shape index (κ3) is 2.34. The van der Waals surface area contributed by atoms with Crippen molar-refractivity contribution < 1.29 is 0 Å². The van der Waals surface area contributed by atoms with Gasteiger partial charge in [-0.15, -0.1) is 0 Å². The van der Waals surface area contributed by atoms with Crippen molar-refractivity contribution in [1.82, 2.24) is 9.97 Å². The van der Waals surface area contributed by atoms with Crippen molar-refractivity contribution in [3.05, 3.63) is 59.2 Å². The molecule has 0 radical (unpaired) electrons. The first-order valence-corrected chi connectivity index (χ1v) is 6.65. The molecular formula is C16H15N3. The fraction of sp³-hybridized carbons (Fsp3) is 0.312. The third-order valence-electron chi connectivity index (χ3n) is 3.74. The molecule has 0 saturated heterocycles. The van der Waals surface area contributed by atoms with E-state index >= 15 is 0 Å². The van der Waals surface area contributed by atoms with Crippen LogP contribution in [-0.4, -0.2) is 9.97 Å². The van der Waals surface area contributed by atoms with E-state index in [9.17, 15) is 5.26 Å². The summed E-state index contributed by atoms with van der Waals surface area (Å²) in [5.41, 5.74) is 4.66. The molecule has 19 heavy (non-hydrogen) atoms. The van der Waals surface area contributed by atoms with Gasteiger partial charge < -0.3 is 0 Å². The van der Waals surface area contributed by atoms with Crippen molar-refractivity contribution in [2.24, 2.45) is 0 Å². The molecule has 0 aliphatic heterocycles. The van der Waals surface area contributed by atoms with Gasteiger partial charge in [0.25, 0.3) is 0 Å². The van der Waals surface area contributed by atoms with Gasteiger partial charge in [-0.25, -0.2) is 9.97 Å². The molecule has 0 N–H and O–H groups in total. The Kier molecular flexibility index (Phi) is 3.24. The van der Waals surface area contributed by atoms with E-state index in [0.717, 1.165) is 17.7 Å². The maximum atomic E-state index is 9.43. The number of aromatic nitrogens is 2. The summed E-state index contributed by atoms with van der Waals surface area (Å²) in [6, 6.07) is 10.6. The van der Waals surface area contributed by atoms with Crippen LogP contribution < -0.4 is 0 Å². The van der Waals surface area contributed by atoms with E-state index in [1.54, 1.807) is 6.20 Å². The van der Waals surface area contributed by atoms with E-state index in [1.165, 1.54) is 36.7 Å². The van der Waals surface area contributed by atoms with Gasteiger partial charge in [0.15, 0.2) is 0 Å². The molecule has 0 spiro atoms. The molecule has 3 rings (SSSR count). The SMILES string of the molecule is N#CC(c1ccc2c(c1)CCCC2)c1ccncn1. The lowest BCUT2D eigenvalue weighted by Crippen LogP contribution is -2.06. The summed E-state index contributed by atoms with van der Waals surface area (Å²) in [7, 11) is 0. The number of rotatable bonds is 2. The van der Waals surface area contributed by atoms with Crippen LogP contribution in [-0.2, 0) is 12.8 Å².